The second-order valence-corrected chi connectivity index (χ2v) is 9.53. The Kier molecular flexibility index (Phi) is 6.80. The van der Waals surface area contributed by atoms with Crippen LogP contribution in [0, 0.1) is 20.8 Å². The molecule has 1 amide bonds. The number of piperazine rings is 1. The number of carbonyl (C=O) groups is 1. The molecule has 0 saturated carbocycles. The molecule has 1 aliphatic rings. The van der Waals surface area contributed by atoms with Crippen molar-refractivity contribution in [3.05, 3.63) is 53.1 Å². The van der Waals surface area contributed by atoms with Gasteiger partial charge in [0, 0.05) is 26.2 Å². The van der Waals surface area contributed by atoms with Crippen LogP contribution in [0.3, 0.4) is 0 Å². The lowest BCUT2D eigenvalue weighted by molar-refractivity contribution is -0.117. The molecule has 3 rings (SSSR count). The van der Waals surface area contributed by atoms with Crippen molar-refractivity contribution in [3.8, 4) is 5.75 Å². The van der Waals surface area contributed by atoms with E-state index in [1.165, 1.54) is 4.31 Å². The van der Waals surface area contributed by atoms with Crippen LogP contribution in [0.25, 0.3) is 0 Å². The van der Waals surface area contributed by atoms with Gasteiger partial charge in [0.1, 0.15) is 5.75 Å². The average Bonchev–Trinajstić information content (AvgIpc) is 2.67. The molecule has 0 aliphatic carbocycles. The number of methoxy groups -OCH3 is 1. The largest absolute Gasteiger partial charge is 0.495 e. The van der Waals surface area contributed by atoms with E-state index in [-0.39, 0.29) is 12.5 Å². The second kappa shape index (κ2) is 9.16. The second-order valence-electron chi connectivity index (χ2n) is 7.66. The fourth-order valence-electron chi connectivity index (χ4n) is 3.97. The standard InChI is InChI=1S/C22H29N3O4S/c1-16-13-17(2)22(18(3)14-16)30(27,28)25-11-9-24(10-12-25)15-21(26)23-19-7-5-6-8-20(19)29-4/h5-8,13-14H,9-12,15H2,1-4H3,(H,23,26). The maximum atomic E-state index is 13.2. The summed E-state index contributed by atoms with van der Waals surface area (Å²) in [5, 5.41) is 2.86. The third-order valence-electron chi connectivity index (χ3n) is 5.28. The van der Waals surface area contributed by atoms with E-state index in [2.05, 4.69) is 5.32 Å². The third kappa shape index (κ3) is 4.83. The molecule has 0 unspecified atom stereocenters. The molecule has 8 heteroatoms. The number of anilines is 1. The SMILES string of the molecule is COc1ccccc1NC(=O)CN1CCN(S(=O)(=O)c2c(C)cc(C)cc2C)CC1. The third-order valence-corrected chi connectivity index (χ3v) is 7.49. The number of rotatable bonds is 6. The molecule has 2 aromatic carbocycles. The van der Waals surface area contributed by atoms with Crippen molar-refractivity contribution < 1.29 is 17.9 Å². The van der Waals surface area contributed by atoms with Gasteiger partial charge in [0.05, 0.1) is 24.2 Å². The van der Waals surface area contributed by atoms with E-state index in [9.17, 15) is 13.2 Å². The molecule has 0 aromatic heterocycles. The van der Waals surface area contributed by atoms with Crippen molar-refractivity contribution in [2.45, 2.75) is 25.7 Å². The molecule has 7 nitrogen and oxygen atoms in total. The van der Waals surface area contributed by atoms with Crippen molar-refractivity contribution in [3.63, 3.8) is 0 Å². The van der Waals surface area contributed by atoms with Gasteiger partial charge < -0.3 is 10.1 Å². The lowest BCUT2D eigenvalue weighted by Gasteiger charge is -2.34. The van der Waals surface area contributed by atoms with Gasteiger partial charge in [-0.05, 0) is 44.0 Å². The van der Waals surface area contributed by atoms with Gasteiger partial charge in [-0.3, -0.25) is 9.69 Å². The zero-order chi connectivity index (χ0) is 21.9. The topological polar surface area (TPSA) is 79.0 Å². The van der Waals surface area contributed by atoms with Crippen LogP contribution in [-0.4, -0.2) is 63.4 Å². The summed E-state index contributed by atoms with van der Waals surface area (Å²) in [7, 11) is -2.00. The monoisotopic (exact) mass is 431 g/mol. The lowest BCUT2D eigenvalue weighted by atomic mass is 10.1. The van der Waals surface area contributed by atoms with E-state index < -0.39 is 10.0 Å². The minimum absolute atomic E-state index is 0.152. The van der Waals surface area contributed by atoms with Crippen LogP contribution in [-0.2, 0) is 14.8 Å². The quantitative estimate of drug-likeness (QED) is 0.761. The number of ether oxygens (including phenoxy) is 1. The first-order valence-electron chi connectivity index (χ1n) is 9.95. The summed E-state index contributed by atoms with van der Waals surface area (Å²) in [6.45, 7) is 7.57. The normalized spacial score (nSPS) is 15.7. The molecule has 1 aliphatic heterocycles. The van der Waals surface area contributed by atoms with Crippen LogP contribution >= 0.6 is 0 Å². The van der Waals surface area contributed by atoms with Crippen LogP contribution in [0.2, 0.25) is 0 Å². The van der Waals surface area contributed by atoms with Gasteiger partial charge in [-0.1, -0.05) is 29.8 Å². The number of carbonyl (C=O) groups excluding carboxylic acids is 1. The molecule has 30 heavy (non-hydrogen) atoms. The molecule has 0 bridgehead atoms. The molecular weight excluding hydrogens is 402 g/mol. The van der Waals surface area contributed by atoms with Gasteiger partial charge in [0.2, 0.25) is 15.9 Å². The van der Waals surface area contributed by atoms with E-state index in [1.54, 1.807) is 19.2 Å². The van der Waals surface area contributed by atoms with Crippen LogP contribution in [0.5, 0.6) is 5.75 Å². The molecule has 1 heterocycles. The maximum Gasteiger partial charge on any atom is 0.243 e. The summed E-state index contributed by atoms with van der Waals surface area (Å²) in [6, 6.07) is 11.0. The zero-order valence-corrected chi connectivity index (χ0v) is 18.8. The van der Waals surface area contributed by atoms with Gasteiger partial charge in [-0.2, -0.15) is 4.31 Å². The predicted octanol–water partition coefficient (Wildman–Crippen LogP) is 2.57. The molecule has 1 saturated heterocycles. The Morgan fingerprint density at radius 3 is 2.23 bits per heavy atom. The Bertz CT molecular complexity index is 1010. The van der Waals surface area contributed by atoms with Gasteiger partial charge in [-0.15, -0.1) is 0 Å². The first kappa shape index (κ1) is 22.3. The Morgan fingerprint density at radius 1 is 1.03 bits per heavy atom. The number of aryl methyl sites for hydroxylation is 3. The first-order valence-corrected chi connectivity index (χ1v) is 11.4. The summed E-state index contributed by atoms with van der Waals surface area (Å²) >= 11 is 0. The summed E-state index contributed by atoms with van der Waals surface area (Å²) < 4.78 is 33.2. The molecule has 1 N–H and O–H groups in total. The van der Waals surface area contributed by atoms with Crippen molar-refractivity contribution in [1.82, 2.24) is 9.21 Å². The highest BCUT2D eigenvalue weighted by atomic mass is 32.2. The minimum Gasteiger partial charge on any atom is -0.495 e. The Balaban J connectivity index is 1.61. The molecule has 0 spiro atoms. The lowest BCUT2D eigenvalue weighted by Crippen LogP contribution is -2.50. The fraction of sp³-hybridized carbons (Fsp3) is 0.409. The number of nitrogens with one attached hydrogen (secondary N) is 1. The molecular formula is C22H29N3O4S. The number of sulfonamides is 1. The van der Waals surface area contributed by atoms with Gasteiger partial charge in [0.15, 0.2) is 0 Å². The number of nitrogens with zero attached hydrogens (tertiary/aromatic N) is 2. The molecule has 0 atom stereocenters. The summed E-state index contributed by atoms with van der Waals surface area (Å²) in [4.78, 5) is 14.8. The highest BCUT2D eigenvalue weighted by molar-refractivity contribution is 7.89. The fourth-order valence-corrected chi connectivity index (χ4v) is 5.81. The summed E-state index contributed by atoms with van der Waals surface area (Å²) in [6.07, 6.45) is 0. The zero-order valence-electron chi connectivity index (χ0n) is 17.9. The predicted molar refractivity (Wildman–Crippen MR) is 117 cm³/mol. The van der Waals surface area contributed by atoms with Gasteiger partial charge >= 0.3 is 0 Å². The van der Waals surface area contributed by atoms with Crippen LogP contribution < -0.4 is 10.1 Å². The van der Waals surface area contributed by atoms with Gasteiger partial charge in [0.25, 0.3) is 0 Å². The van der Waals surface area contributed by atoms with Gasteiger partial charge in [-0.25, -0.2) is 8.42 Å². The molecule has 1 fully saturated rings. The summed E-state index contributed by atoms with van der Waals surface area (Å²) in [5.41, 5.74) is 3.21. The maximum absolute atomic E-state index is 13.2. The van der Waals surface area contributed by atoms with Crippen LogP contribution in [0.15, 0.2) is 41.3 Å². The van der Waals surface area contributed by atoms with Crippen molar-refractivity contribution in [2.24, 2.45) is 0 Å². The van der Waals surface area contributed by atoms with E-state index in [0.29, 0.717) is 42.5 Å². The minimum atomic E-state index is -3.56. The molecule has 0 radical (unpaired) electrons. The Labute approximate surface area is 178 Å². The Hall–Kier alpha value is -2.42. The van der Waals surface area contributed by atoms with Crippen LogP contribution in [0.4, 0.5) is 5.69 Å². The van der Waals surface area contributed by atoms with Crippen molar-refractivity contribution in [1.29, 1.82) is 0 Å². The van der Waals surface area contributed by atoms with E-state index in [0.717, 1.165) is 16.7 Å². The average molecular weight is 432 g/mol. The number of hydrogen-bond donors (Lipinski definition) is 1. The van der Waals surface area contributed by atoms with Crippen LogP contribution in [0.1, 0.15) is 16.7 Å². The first-order chi connectivity index (χ1) is 14.2. The highest BCUT2D eigenvalue weighted by Crippen LogP contribution is 2.26. The van der Waals surface area contributed by atoms with Crippen molar-refractivity contribution in [2.75, 3.05) is 45.2 Å². The van der Waals surface area contributed by atoms with E-state index in [1.807, 2.05) is 49.9 Å². The number of amides is 1. The smallest absolute Gasteiger partial charge is 0.243 e. The van der Waals surface area contributed by atoms with E-state index >= 15 is 0 Å². The number of para-hydroxylation sites is 2. The number of benzene rings is 2. The summed E-state index contributed by atoms with van der Waals surface area (Å²) in [5.74, 6) is 0.451. The Morgan fingerprint density at radius 2 is 1.63 bits per heavy atom. The molecule has 162 valence electrons. The van der Waals surface area contributed by atoms with Crippen molar-refractivity contribution >= 4 is 21.6 Å². The highest BCUT2D eigenvalue weighted by Gasteiger charge is 2.31. The number of hydrogen-bond acceptors (Lipinski definition) is 5. The van der Waals surface area contributed by atoms with E-state index in [4.69, 9.17) is 4.74 Å². The molecule has 2 aromatic rings.